The normalized spacial score (nSPS) is 19.2. The number of nitrogens with one attached hydrogen (secondary N) is 3. The number of aromatic amines is 1. The standard InChI is InChI=1S/C19H28N6O8/c1-9(26)15(19(32)33)24-17(30)13-3-2-4-25(13)18(31)12(5-10-7-21-8-22-10)23-16(29)11(20)6-14(27)28/h7-9,11-13,15,26H,2-6,20H2,1H3,(H,21,22)(H,23,29)(H,24,30)(H,27,28)(H,32,33). The lowest BCUT2D eigenvalue weighted by Gasteiger charge is -2.30. The fourth-order valence-corrected chi connectivity index (χ4v) is 3.52. The van der Waals surface area contributed by atoms with Crippen LogP contribution in [0.2, 0.25) is 0 Å². The lowest BCUT2D eigenvalue weighted by molar-refractivity contribution is -0.147. The van der Waals surface area contributed by atoms with Crippen molar-refractivity contribution in [2.45, 2.75) is 62.9 Å². The number of aliphatic hydroxyl groups is 1. The minimum Gasteiger partial charge on any atom is -0.481 e. The molecule has 0 spiro atoms. The molecule has 2 rings (SSSR count). The topological polar surface area (TPSA) is 228 Å². The zero-order valence-electron chi connectivity index (χ0n) is 17.9. The first kappa shape index (κ1) is 25.7. The molecule has 1 aliphatic rings. The van der Waals surface area contributed by atoms with Crippen molar-refractivity contribution in [1.82, 2.24) is 25.5 Å². The van der Waals surface area contributed by atoms with Gasteiger partial charge in [0.1, 0.15) is 12.1 Å². The highest BCUT2D eigenvalue weighted by molar-refractivity contribution is 5.95. The fourth-order valence-electron chi connectivity index (χ4n) is 3.52. The predicted octanol–water partition coefficient (Wildman–Crippen LogP) is -2.82. The maximum atomic E-state index is 13.3. The number of nitrogens with two attached hydrogens (primary N) is 1. The van der Waals surface area contributed by atoms with Gasteiger partial charge in [-0.1, -0.05) is 0 Å². The zero-order valence-corrected chi connectivity index (χ0v) is 17.9. The molecular formula is C19H28N6O8. The van der Waals surface area contributed by atoms with Crippen LogP contribution < -0.4 is 16.4 Å². The summed E-state index contributed by atoms with van der Waals surface area (Å²) in [6, 6.07) is -5.13. The van der Waals surface area contributed by atoms with Crippen LogP contribution in [0.25, 0.3) is 0 Å². The maximum Gasteiger partial charge on any atom is 0.328 e. The summed E-state index contributed by atoms with van der Waals surface area (Å²) in [4.78, 5) is 68.4. The van der Waals surface area contributed by atoms with E-state index in [0.29, 0.717) is 12.1 Å². The number of nitrogens with zero attached hydrogens (tertiary/aromatic N) is 2. The molecule has 0 saturated carbocycles. The smallest absolute Gasteiger partial charge is 0.328 e. The Bertz CT molecular complexity index is 874. The lowest BCUT2D eigenvalue weighted by Crippen LogP contribution is -2.58. The molecule has 0 bridgehead atoms. The van der Waals surface area contributed by atoms with Gasteiger partial charge < -0.3 is 41.6 Å². The van der Waals surface area contributed by atoms with Crippen molar-refractivity contribution in [2.24, 2.45) is 5.73 Å². The number of amides is 3. The van der Waals surface area contributed by atoms with Crippen LogP contribution in [-0.2, 0) is 30.4 Å². The number of aliphatic hydroxyl groups excluding tert-OH is 1. The molecular weight excluding hydrogens is 440 g/mol. The molecule has 1 fully saturated rings. The van der Waals surface area contributed by atoms with Gasteiger partial charge in [-0.3, -0.25) is 19.2 Å². The van der Waals surface area contributed by atoms with Crippen LogP contribution in [0.4, 0.5) is 0 Å². The van der Waals surface area contributed by atoms with Gasteiger partial charge in [-0.15, -0.1) is 0 Å². The van der Waals surface area contributed by atoms with Crippen molar-refractivity contribution < 1.29 is 39.3 Å². The van der Waals surface area contributed by atoms with E-state index in [9.17, 15) is 34.2 Å². The molecule has 2 heterocycles. The molecule has 0 radical (unpaired) electrons. The highest BCUT2D eigenvalue weighted by Gasteiger charge is 2.40. The van der Waals surface area contributed by atoms with Crippen LogP contribution in [0.15, 0.2) is 12.5 Å². The Morgan fingerprint density at radius 2 is 1.97 bits per heavy atom. The van der Waals surface area contributed by atoms with E-state index in [-0.39, 0.29) is 19.4 Å². The second kappa shape index (κ2) is 11.4. The van der Waals surface area contributed by atoms with Gasteiger partial charge in [-0.05, 0) is 19.8 Å². The summed E-state index contributed by atoms with van der Waals surface area (Å²) in [5.74, 6) is -4.93. The number of H-pyrrole nitrogens is 1. The van der Waals surface area contributed by atoms with Crippen molar-refractivity contribution in [3.05, 3.63) is 18.2 Å². The minimum absolute atomic E-state index is 0.0272. The Hall–Kier alpha value is -3.52. The third-order valence-electron chi connectivity index (χ3n) is 5.21. The van der Waals surface area contributed by atoms with Crippen LogP contribution in [0.1, 0.15) is 31.9 Å². The first-order valence-electron chi connectivity index (χ1n) is 10.3. The summed E-state index contributed by atoms with van der Waals surface area (Å²) < 4.78 is 0. The lowest BCUT2D eigenvalue weighted by atomic mass is 10.1. The van der Waals surface area contributed by atoms with Gasteiger partial charge in [0.25, 0.3) is 0 Å². The summed E-state index contributed by atoms with van der Waals surface area (Å²) >= 11 is 0. The molecule has 1 aliphatic heterocycles. The van der Waals surface area contributed by atoms with Gasteiger partial charge in [-0.25, -0.2) is 9.78 Å². The van der Waals surface area contributed by atoms with Crippen molar-refractivity contribution in [2.75, 3.05) is 6.54 Å². The number of hydrogen-bond donors (Lipinski definition) is 7. The van der Waals surface area contributed by atoms with Gasteiger partial charge in [0.2, 0.25) is 17.7 Å². The van der Waals surface area contributed by atoms with Crippen LogP contribution in [0.3, 0.4) is 0 Å². The van der Waals surface area contributed by atoms with E-state index in [1.54, 1.807) is 0 Å². The third-order valence-corrected chi connectivity index (χ3v) is 5.21. The number of rotatable bonds is 11. The molecule has 3 amide bonds. The van der Waals surface area contributed by atoms with Gasteiger partial charge in [0, 0.05) is 24.9 Å². The Morgan fingerprint density at radius 1 is 1.27 bits per heavy atom. The fraction of sp³-hybridized carbons (Fsp3) is 0.579. The highest BCUT2D eigenvalue weighted by atomic mass is 16.4. The molecule has 1 aromatic rings. The van der Waals surface area contributed by atoms with E-state index in [4.69, 9.17) is 10.8 Å². The number of likely N-dealkylation sites (tertiary alicyclic amines) is 1. The average Bonchev–Trinajstić information content (AvgIpc) is 3.41. The molecule has 5 atom stereocenters. The predicted molar refractivity (Wildman–Crippen MR) is 110 cm³/mol. The van der Waals surface area contributed by atoms with Crippen LogP contribution in [0.5, 0.6) is 0 Å². The number of hydrogen-bond acceptors (Lipinski definition) is 8. The molecule has 14 nitrogen and oxygen atoms in total. The van der Waals surface area contributed by atoms with Crippen LogP contribution in [-0.4, -0.2) is 96.7 Å². The van der Waals surface area contributed by atoms with E-state index in [1.807, 2.05) is 0 Å². The monoisotopic (exact) mass is 468 g/mol. The van der Waals surface area contributed by atoms with E-state index >= 15 is 0 Å². The van der Waals surface area contributed by atoms with Crippen molar-refractivity contribution in [3.8, 4) is 0 Å². The molecule has 0 aromatic carbocycles. The third kappa shape index (κ3) is 6.98. The number of carboxylic acids is 2. The van der Waals surface area contributed by atoms with Gasteiger partial charge in [0.15, 0.2) is 6.04 Å². The SMILES string of the molecule is CC(O)C(NC(=O)C1CCCN1C(=O)C(Cc1cnc[nH]1)NC(=O)C(N)CC(=O)O)C(=O)O. The summed E-state index contributed by atoms with van der Waals surface area (Å²) in [5.41, 5.74) is 6.10. The van der Waals surface area contributed by atoms with Crippen LogP contribution in [0, 0.1) is 0 Å². The zero-order chi connectivity index (χ0) is 24.7. The number of carbonyl (C=O) groups excluding carboxylic acids is 3. The Kier molecular flexibility index (Phi) is 8.87. The molecule has 5 unspecified atom stereocenters. The number of carboxylic acid groups (broad SMARTS) is 2. The second-order valence-corrected chi connectivity index (χ2v) is 7.80. The Balaban J connectivity index is 2.19. The quantitative estimate of drug-likeness (QED) is 0.176. The van der Waals surface area contributed by atoms with Gasteiger partial charge in [-0.2, -0.15) is 0 Å². The molecule has 1 aromatic heterocycles. The average molecular weight is 468 g/mol. The van der Waals surface area contributed by atoms with Crippen molar-refractivity contribution in [1.29, 1.82) is 0 Å². The number of aliphatic carboxylic acids is 2. The molecule has 0 aliphatic carbocycles. The first-order chi connectivity index (χ1) is 15.5. The highest BCUT2D eigenvalue weighted by Crippen LogP contribution is 2.20. The van der Waals surface area contributed by atoms with E-state index in [1.165, 1.54) is 24.3 Å². The van der Waals surface area contributed by atoms with E-state index in [0.717, 1.165) is 0 Å². The Morgan fingerprint density at radius 3 is 2.52 bits per heavy atom. The van der Waals surface area contributed by atoms with Crippen molar-refractivity contribution in [3.63, 3.8) is 0 Å². The molecule has 14 heteroatoms. The summed E-state index contributed by atoms with van der Waals surface area (Å²) in [5, 5.41) is 32.3. The summed E-state index contributed by atoms with van der Waals surface area (Å²) in [6.07, 6.45) is 1.51. The first-order valence-corrected chi connectivity index (χ1v) is 10.3. The number of carbonyl (C=O) groups is 5. The molecule has 8 N–H and O–H groups in total. The number of aromatic nitrogens is 2. The minimum atomic E-state index is -1.55. The van der Waals surface area contributed by atoms with Crippen molar-refractivity contribution >= 4 is 29.7 Å². The number of imidazole rings is 1. The second-order valence-electron chi connectivity index (χ2n) is 7.80. The van der Waals surface area contributed by atoms with E-state index in [2.05, 4.69) is 20.6 Å². The Labute approximate surface area is 188 Å². The van der Waals surface area contributed by atoms with E-state index < -0.39 is 66.4 Å². The van der Waals surface area contributed by atoms with Gasteiger partial charge in [0.05, 0.1) is 24.9 Å². The molecule has 182 valence electrons. The molecule has 33 heavy (non-hydrogen) atoms. The largest absolute Gasteiger partial charge is 0.481 e. The summed E-state index contributed by atoms with van der Waals surface area (Å²) in [7, 11) is 0. The summed E-state index contributed by atoms with van der Waals surface area (Å²) in [6.45, 7) is 1.40. The molecule has 1 saturated heterocycles. The van der Waals surface area contributed by atoms with Crippen LogP contribution >= 0.6 is 0 Å². The maximum absolute atomic E-state index is 13.3. The van der Waals surface area contributed by atoms with Gasteiger partial charge >= 0.3 is 11.9 Å².